The summed E-state index contributed by atoms with van der Waals surface area (Å²) in [4.78, 5) is 16.7. The predicted molar refractivity (Wildman–Crippen MR) is 110 cm³/mol. The van der Waals surface area contributed by atoms with E-state index >= 15 is 0 Å². The molecule has 3 aromatic rings. The standard InChI is InChI=1S/C20H19ClN2O5S/c1-23(2)29(25,26)17-6-4-5-14(10-17)20(24)28-12-15-9-13-7-8-16(27-3)11-18(13)22-19(15)21/h4-11H,12H2,1-3H3. The number of hydrogen-bond acceptors (Lipinski definition) is 6. The van der Waals surface area contributed by atoms with E-state index in [4.69, 9.17) is 21.1 Å². The van der Waals surface area contributed by atoms with Crippen LogP contribution in [-0.4, -0.2) is 44.9 Å². The maximum absolute atomic E-state index is 12.4. The number of ether oxygens (including phenoxy) is 2. The van der Waals surface area contributed by atoms with Crippen molar-refractivity contribution in [3.63, 3.8) is 0 Å². The first-order valence-electron chi connectivity index (χ1n) is 8.55. The van der Waals surface area contributed by atoms with Gasteiger partial charge in [0.05, 0.1) is 23.1 Å². The number of halogens is 1. The third-order valence-electron chi connectivity index (χ3n) is 4.26. The second-order valence-corrected chi connectivity index (χ2v) is 8.90. The summed E-state index contributed by atoms with van der Waals surface area (Å²) in [6.07, 6.45) is 0. The molecule has 0 saturated heterocycles. The van der Waals surface area contributed by atoms with E-state index in [0.717, 1.165) is 9.69 Å². The van der Waals surface area contributed by atoms with Gasteiger partial charge in [-0.05, 0) is 36.4 Å². The predicted octanol–water partition coefficient (Wildman–Crippen LogP) is 3.50. The van der Waals surface area contributed by atoms with Gasteiger partial charge in [-0.25, -0.2) is 22.5 Å². The molecule has 0 spiro atoms. The summed E-state index contributed by atoms with van der Waals surface area (Å²) < 4.78 is 36.0. The minimum atomic E-state index is -3.65. The minimum absolute atomic E-state index is 0.0105. The van der Waals surface area contributed by atoms with Gasteiger partial charge in [-0.2, -0.15) is 0 Å². The molecule has 0 aliphatic carbocycles. The zero-order chi connectivity index (χ0) is 21.2. The van der Waals surface area contributed by atoms with E-state index < -0.39 is 16.0 Å². The first-order valence-corrected chi connectivity index (χ1v) is 10.4. The Kier molecular flexibility index (Phi) is 6.07. The highest BCUT2D eigenvalue weighted by Gasteiger charge is 2.19. The Morgan fingerprint density at radius 3 is 2.59 bits per heavy atom. The van der Waals surface area contributed by atoms with E-state index in [-0.39, 0.29) is 22.2 Å². The molecule has 1 aromatic heterocycles. The van der Waals surface area contributed by atoms with E-state index in [9.17, 15) is 13.2 Å². The highest BCUT2D eigenvalue weighted by Crippen LogP contribution is 2.25. The Hall–Kier alpha value is -2.68. The van der Waals surface area contributed by atoms with Gasteiger partial charge >= 0.3 is 5.97 Å². The summed E-state index contributed by atoms with van der Waals surface area (Å²) in [6.45, 7) is -0.0999. The van der Waals surface area contributed by atoms with Gasteiger partial charge in [0.1, 0.15) is 17.5 Å². The van der Waals surface area contributed by atoms with Crippen molar-refractivity contribution in [3.8, 4) is 5.75 Å². The molecule has 0 atom stereocenters. The quantitative estimate of drug-likeness (QED) is 0.436. The largest absolute Gasteiger partial charge is 0.497 e. The Balaban J connectivity index is 1.80. The van der Waals surface area contributed by atoms with Crippen LogP contribution in [0.5, 0.6) is 5.75 Å². The highest BCUT2D eigenvalue weighted by molar-refractivity contribution is 7.89. The lowest BCUT2D eigenvalue weighted by molar-refractivity contribution is 0.0472. The first kappa shape index (κ1) is 21.0. The summed E-state index contributed by atoms with van der Waals surface area (Å²) >= 11 is 6.22. The molecule has 152 valence electrons. The zero-order valence-electron chi connectivity index (χ0n) is 16.0. The topological polar surface area (TPSA) is 85.8 Å². The highest BCUT2D eigenvalue weighted by atomic mass is 35.5. The number of methoxy groups -OCH3 is 1. The molecule has 9 heteroatoms. The Morgan fingerprint density at radius 1 is 1.14 bits per heavy atom. The molecule has 0 amide bonds. The molecule has 0 unspecified atom stereocenters. The summed E-state index contributed by atoms with van der Waals surface area (Å²) in [5, 5.41) is 1.03. The molecule has 0 radical (unpaired) electrons. The van der Waals surface area contributed by atoms with E-state index in [2.05, 4.69) is 4.98 Å². The molecule has 0 aliphatic heterocycles. The summed E-state index contributed by atoms with van der Waals surface area (Å²) in [6, 6.07) is 12.9. The number of nitrogens with zero attached hydrogens (tertiary/aromatic N) is 2. The van der Waals surface area contributed by atoms with Crippen molar-refractivity contribution in [2.75, 3.05) is 21.2 Å². The Morgan fingerprint density at radius 2 is 1.90 bits per heavy atom. The van der Waals surface area contributed by atoms with E-state index in [1.54, 1.807) is 25.3 Å². The van der Waals surface area contributed by atoms with Crippen molar-refractivity contribution < 1.29 is 22.7 Å². The van der Waals surface area contributed by atoms with Crippen LogP contribution in [0, 0.1) is 0 Å². The lowest BCUT2D eigenvalue weighted by Crippen LogP contribution is -2.22. The third-order valence-corrected chi connectivity index (χ3v) is 6.40. The maximum Gasteiger partial charge on any atom is 0.338 e. The molecular weight excluding hydrogens is 416 g/mol. The fourth-order valence-electron chi connectivity index (χ4n) is 2.62. The molecule has 2 aromatic carbocycles. The van der Waals surface area contributed by atoms with Gasteiger partial charge in [0.25, 0.3) is 0 Å². The van der Waals surface area contributed by atoms with Gasteiger partial charge in [-0.15, -0.1) is 0 Å². The molecular formula is C20H19ClN2O5S. The number of sulfonamides is 1. The SMILES string of the molecule is COc1ccc2cc(COC(=O)c3cccc(S(=O)(=O)N(C)C)c3)c(Cl)nc2c1. The number of esters is 1. The monoisotopic (exact) mass is 434 g/mol. The van der Waals surface area contributed by atoms with Gasteiger partial charge in [-0.3, -0.25) is 0 Å². The van der Waals surface area contributed by atoms with Crippen LogP contribution in [0.2, 0.25) is 5.15 Å². The molecule has 29 heavy (non-hydrogen) atoms. The lowest BCUT2D eigenvalue weighted by Gasteiger charge is -2.12. The molecule has 0 bridgehead atoms. The van der Waals surface area contributed by atoms with Crippen molar-refractivity contribution in [1.82, 2.24) is 9.29 Å². The number of aromatic nitrogens is 1. The number of benzene rings is 2. The average molecular weight is 435 g/mol. The summed E-state index contributed by atoms with van der Waals surface area (Å²) in [7, 11) is 0.755. The van der Waals surface area contributed by atoms with Gasteiger partial charge < -0.3 is 9.47 Å². The lowest BCUT2D eigenvalue weighted by atomic mass is 10.1. The molecule has 1 heterocycles. The Bertz CT molecular complexity index is 1180. The summed E-state index contributed by atoms with van der Waals surface area (Å²) in [5.74, 6) is -0.000460. The van der Waals surface area contributed by atoms with Crippen LogP contribution >= 0.6 is 11.6 Å². The van der Waals surface area contributed by atoms with Crippen LogP contribution in [-0.2, 0) is 21.4 Å². The second-order valence-electron chi connectivity index (χ2n) is 6.39. The minimum Gasteiger partial charge on any atom is -0.497 e. The maximum atomic E-state index is 12.4. The normalized spacial score (nSPS) is 11.6. The van der Waals surface area contributed by atoms with Crippen LogP contribution in [0.4, 0.5) is 0 Å². The van der Waals surface area contributed by atoms with Gasteiger partial charge in [0.2, 0.25) is 10.0 Å². The molecule has 3 rings (SSSR count). The fourth-order valence-corrected chi connectivity index (χ4v) is 3.76. The number of carbonyl (C=O) groups excluding carboxylic acids is 1. The number of fused-ring (bicyclic) bond motifs is 1. The summed E-state index contributed by atoms with van der Waals surface area (Å²) in [5.41, 5.74) is 1.32. The molecule has 7 nitrogen and oxygen atoms in total. The Labute approximate surface area is 173 Å². The van der Waals surface area contributed by atoms with Crippen molar-refractivity contribution in [2.45, 2.75) is 11.5 Å². The van der Waals surface area contributed by atoms with Crippen LogP contribution in [0.15, 0.2) is 53.4 Å². The number of pyridine rings is 1. The average Bonchev–Trinajstić information content (AvgIpc) is 2.71. The van der Waals surface area contributed by atoms with Crippen molar-refractivity contribution in [3.05, 3.63) is 64.8 Å². The smallest absolute Gasteiger partial charge is 0.338 e. The first-order chi connectivity index (χ1) is 13.7. The van der Waals surface area contributed by atoms with Crippen molar-refractivity contribution >= 4 is 38.5 Å². The van der Waals surface area contributed by atoms with E-state index in [1.165, 1.54) is 38.4 Å². The third kappa shape index (κ3) is 4.50. The molecule has 0 aliphatic rings. The van der Waals surface area contributed by atoms with Crippen LogP contribution in [0.25, 0.3) is 10.9 Å². The number of hydrogen-bond donors (Lipinski definition) is 0. The zero-order valence-corrected chi connectivity index (χ0v) is 17.6. The second kappa shape index (κ2) is 8.36. The van der Waals surface area contributed by atoms with E-state index in [0.29, 0.717) is 16.8 Å². The van der Waals surface area contributed by atoms with Gasteiger partial charge in [0.15, 0.2) is 0 Å². The van der Waals surface area contributed by atoms with E-state index in [1.807, 2.05) is 6.07 Å². The van der Waals surface area contributed by atoms with Crippen LogP contribution in [0.1, 0.15) is 15.9 Å². The number of rotatable bonds is 6. The van der Waals surface area contributed by atoms with Gasteiger partial charge in [0, 0.05) is 31.1 Å². The fraction of sp³-hybridized carbons (Fsp3) is 0.200. The number of carbonyl (C=O) groups is 1. The molecule has 0 fully saturated rings. The molecule has 0 saturated carbocycles. The van der Waals surface area contributed by atoms with Gasteiger partial charge in [-0.1, -0.05) is 17.7 Å². The molecule has 0 N–H and O–H groups in total. The van der Waals surface area contributed by atoms with Crippen LogP contribution < -0.4 is 4.74 Å². The van der Waals surface area contributed by atoms with Crippen LogP contribution in [0.3, 0.4) is 0 Å². The van der Waals surface area contributed by atoms with Crippen molar-refractivity contribution in [2.24, 2.45) is 0 Å². The van der Waals surface area contributed by atoms with Crippen molar-refractivity contribution in [1.29, 1.82) is 0 Å².